The van der Waals surface area contributed by atoms with E-state index in [0.29, 0.717) is 0 Å². The van der Waals surface area contributed by atoms with Crippen molar-refractivity contribution in [1.82, 2.24) is 5.32 Å². The minimum Gasteiger partial charge on any atom is -0.370 e. The van der Waals surface area contributed by atoms with Crippen molar-refractivity contribution in [2.24, 2.45) is 16.9 Å². The van der Waals surface area contributed by atoms with Gasteiger partial charge >= 0.3 is 0 Å². The Morgan fingerprint density at radius 1 is 1.36 bits per heavy atom. The lowest BCUT2D eigenvalue weighted by Crippen LogP contribution is -2.49. The summed E-state index contributed by atoms with van der Waals surface area (Å²) in [6.45, 7) is 5.89. The molecule has 5 N–H and O–H groups in total. The molecule has 0 aromatic rings. The lowest BCUT2D eigenvalue weighted by Gasteiger charge is -2.25. The maximum atomic E-state index is 11.4. The first-order valence-corrected chi connectivity index (χ1v) is 4.56. The predicted molar refractivity (Wildman–Crippen MR) is 54.3 cm³/mol. The average molecular weight is 201 g/mol. The number of primary amides is 1. The molecular formula is C9H19N3O2. The SMILES string of the molecule is CC(C)(C)C(N)C(=O)NCCC(N)=O. The van der Waals surface area contributed by atoms with E-state index in [0.717, 1.165) is 0 Å². The zero-order chi connectivity index (χ0) is 11.4. The number of hydrogen-bond acceptors (Lipinski definition) is 3. The lowest BCUT2D eigenvalue weighted by atomic mass is 9.87. The van der Waals surface area contributed by atoms with Crippen molar-refractivity contribution in [2.75, 3.05) is 6.54 Å². The molecule has 0 aliphatic rings. The van der Waals surface area contributed by atoms with Crippen LogP contribution >= 0.6 is 0 Å². The van der Waals surface area contributed by atoms with E-state index in [9.17, 15) is 9.59 Å². The molecule has 0 rings (SSSR count). The van der Waals surface area contributed by atoms with Crippen LogP contribution in [0.1, 0.15) is 27.2 Å². The molecular weight excluding hydrogens is 182 g/mol. The Morgan fingerprint density at radius 3 is 2.21 bits per heavy atom. The van der Waals surface area contributed by atoms with Gasteiger partial charge in [-0.05, 0) is 5.41 Å². The summed E-state index contributed by atoms with van der Waals surface area (Å²) in [4.78, 5) is 21.8. The van der Waals surface area contributed by atoms with Gasteiger partial charge in [-0.15, -0.1) is 0 Å². The van der Waals surface area contributed by atoms with E-state index in [1.165, 1.54) is 0 Å². The Kier molecular flexibility index (Phi) is 4.56. The summed E-state index contributed by atoms with van der Waals surface area (Å²) < 4.78 is 0. The number of hydrogen-bond donors (Lipinski definition) is 3. The first-order chi connectivity index (χ1) is 6.25. The number of amides is 2. The van der Waals surface area contributed by atoms with Gasteiger partial charge in [-0.25, -0.2) is 0 Å². The van der Waals surface area contributed by atoms with Gasteiger partial charge in [0.15, 0.2) is 0 Å². The molecule has 0 saturated heterocycles. The van der Waals surface area contributed by atoms with Crippen molar-refractivity contribution in [2.45, 2.75) is 33.2 Å². The summed E-state index contributed by atoms with van der Waals surface area (Å²) in [7, 11) is 0. The molecule has 0 aliphatic heterocycles. The number of nitrogens with one attached hydrogen (secondary N) is 1. The van der Waals surface area contributed by atoms with Gasteiger partial charge in [0.2, 0.25) is 11.8 Å². The minimum absolute atomic E-state index is 0.141. The third-order valence-electron chi connectivity index (χ3n) is 1.89. The largest absolute Gasteiger partial charge is 0.370 e. The van der Waals surface area contributed by atoms with Crippen LogP contribution in [0.4, 0.5) is 0 Å². The van der Waals surface area contributed by atoms with Crippen LogP contribution in [0.5, 0.6) is 0 Å². The van der Waals surface area contributed by atoms with Gasteiger partial charge in [-0.2, -0.15) is 0 Å². The number of carbonyl (C=O) groups is 2. The molecule has 0 saturated carbocycles. The summed E-state index contributed by atoms with van der Waals surface area (Å²) in [5.74, 6) is -0.687. The molecule has 0 radical (unpaired) electrons. The molecule has 0 spiro atoms. The fourth-order valence-corrected chi connectivity index (χ4v) is 0.812. The lowest BCUT2D eigenvalue weighted by molar-refractivity contribution is -0.124. The summed E-state index contributed by atoms with van der Waals surface area (Å²) >= 11 is 0. The Morgan fingerprint density at radius 2 is 1.86 bits per heavy atom. The van der Waals surface area contributed by atoms with Crippen molar-refractivity contribution in [1.29, 1.82) is 0 Å². The topological polar surface area (TPSA) is 98.2 Å². The zero-order valence-corrected chi connectivity index (χ0v) is 8.96. The normalized spacial score (nSPS) is 13.4. The number of rotatable bonds is 4. The van der Waals surface area contributed by atoms with Crippen LogP contribution in [0.2, 0.25) is 0 Å². The maximum Gasteiger partial charge on any atom is 0.237 e. The highest BCUT2D eigenvalue weighted by atomic mass is 16.2. The molecule has 1 unspecified atom stereocenters. The quantitative estimate of drug-likeness (QED) is 0.563. The first kappa shape index (κ1) is 12.9. The van der Waals surface area contributed by atoms with E-state index >= 15 is 0 Å². The molecule has 2 amide bonds. The molecule has 0 bridgehead atoms. The van der Waals surface area contributed by atoms with Crippen molar-refractivity contribution in [3.63, 3.8) is 0 Å². The highest BCUT2D eigenvalue weighted by molar-refractivity contribution is 5.83. The Bertz CT molecular complexity index is 221. The van der Waals surface area contributed by atoms with Crippen molar-refractivity contribution >= 4 is 11.8 Å². The Balaban J connectivity index is 3.91. The smallest absolute Gasteiger partial charge is 0.237 e. The molecule has 0 fully saturated rings. The summed E-state index contributed by atoms with van der Waals surface area (Å²) in [5.41, 5.74) is 10.3. The Labute approximate surface area is 84.2 Å². The van der Waals surface area contributed by atoms with Crippen molar-refractivity contribution in [3.05, 3.63) is 0 Å². The van der Waals surface area contributed by atoms with Crippen LogP contribution in [0.15, 0.2) is 0 Å². The van der Waals surface area contributed by atoms with Crippen molar-refractivity contribution < 1.29 is 9.59 Å². The third-order valence-corrected chi connectivity index (χ3v) is 1.89. The highest BCUT2D eigenvalue weighted by Crippen LogP contribution is 2.16. The van der Waals surface area contributed by atoms with Crippen LogP contribution < -0.4 is 16.8 Å². The molecule has 5 heteroatoms. The van der Waals surface area contributed by atoms with Gasteiger partial charge in [-0.1, -0.05) is 20.8 Å². The third kappa shape index (κ3) is 4.81. The molecule has 1 atom stereocenters. The average Bonchev–Trinajstić information content (AvgIpc) is 2.00. The summed E-state index contributed by atoms with van der Waals surface area (Å²) in [6.07, 6.45) is 0.141. The van der Waals surface area contributed by atoms with E-state index in [2.05, 4.69) is 5.32 Å². The first-order valence-electron chi connectivity index (χ1n) is 4.56. The molecule has 0 aromatic carbocycles. The molecule has 0 heterocycles. The molecule has 5 nitrogen and oxygen atoms in total. The van der Waals surface area contributed by atoms with E-state index in [-0.39, 0.29) is 24.3 Å². The standard InChI is InChI=1S/C9H19N3O2/c1-9(2,3)7(11)8(14)12-5-4-6(10)13/h7H,4-5,11H2,1-3H3,(H2,10,13)(H,12,14). The second-order valence-corrected chi connectivity index (χ2v) is 4.35. The van der Waals surface area contributed by atoms with Crippen LogP contribution in [0.3, 0.4) is 0 Å². The highest BCUT2D eigenvalue weighted by Gasteiger charge is 2.26. The van der Waals surface area contributed by atoms with Crippen LogP contribution in [0, 0.1) is 5.41 Å². The number of nitrogens with two attached hydrogens (primary N) is 2. The second kappa shape index (κ2) is 4.95. The van der Waals surface area contributed by atoms with E-state index < -0.39 is 11.9 Å². The van der Waals surface area contributed by atoms with E-state index in [1.807, 2.05) is 20.8 Å². The summed E-state index contributed by atoms with van der Waals surface area (Å²) in [6, 6.07) is -0.574. The van der Waals surface area contributed by atoms with Gasteiger partial charge in [0.05, 0.1) is 6.04 Å². The van der Waals surface area contributed by atoms with Gasteiger partial charge in [0, 0.05) is 13.0 Å². The minimum atomic E-state index is -0.574. The van der Waals surface area contributed by atoms with Gasteiger partial charge in [0.25, 0.3) is 0 Å². The molecule has 82 valence electrons. The molecule has 14 heavy (non-hydrogen) atoms. The van der Waals surface area contributed by atoms with Gasteiger partial charge < -0.3 is 16.8 Å². The molecule has 0 aromatic heterocycles. The van der Waals surface area contributed by atoms with Gasteiger partial charge in [0.1, 0.15) is 0 Å². The van der Waals surface area contributed by atoms with Gasteiger partial charge in [-0.3, -0.25) is 9.59 Å². The van der Waals surface area contributed by atoms with E-state index in [1.54, 1.807) is 0 Å². The van der Waals surface area contributed by atoms with E-state index in [4.69, 9.17) is 11.5 Å². The monoisotopic (exact) mass is 201 g/mol. The number of carbonyl (C=O) groups excluding carboxylic acids is 2. The van der Waals surface area contributed by atoms with Crippen LogP contribution in [-0.2, 0) is 9.59 Å². The summed E-state index contributed by atoms with van der Waals surface area (Å²) in [5, 5.41) is 2.56. The predicted octanol–water partition coefficient (Wildman–Crippen LogP) is -0.649. The maximum absolute atomic E-state index is 11.4. The fourth-order valence-electron chi connectivity index (χ4n) is 0.812. The zero-order valence-electron chi connectivity index (χ0n) is 8.96. The fraction of sp³-hybridized carbons (Fsp3) is 0.778. The van der Waals surface area contributed by atoms with Crippen LogP contribution in [-0.4, -0.2) is 24.4 Å². The second-order valence-electron chi connectivity index (χ2n) is 4.35. The molecule has 0 aliphatic carbocycles. The van der Waals surface area contributed by atoms with Crippen LogP contribution in [0.25, 0.3) is 0 Å². The van der Waals surface area contributed by atoms with Crippen molar-refractivity contribution in [3.8, 4) is 0 Å². The Hall–Kier alpha value is -1.10.